The number of nitrogens with zero attached hydrogens (tertiary/aromatic N) is 4. The molecule has 0 atom stereocenters. The van der Waals surface area contributed by atoms with Crippen molar-refractivity contribution in [2.24, 2.45) is 0 Å². The minimum absolute atomic E-state index is 0.609. The number of tetrazole rings is 1. The van der Waals surface area contributed by atoms with Gasteiger partial charge in [0.15, 0.2) is 5.82 Å². The van der Waals surface area contributed by atoms with Crippen LogP contribution in [0.1, 0.15) is 17.0 Å². The number of benzene rings is 2. The zero-order valence-corrected chi connectivity index (χ0v) is 12.3. The molecule has 0 bridgehead atoms. The standard InChI is InChI=1S/C16H17N5O/c1-22-15-5-3-2-4-13(15)10-16-18-19-20-21(16)11-12-6-8-14(17)9-7-12/h2-9H,10-11,17H2,1H3. The molecule has 6 nitrogen and oxygen atoms in total. The van der Waals surface area contributed by atoms with E-state index in [9.17, 15) is 0 Å². The summed E-state index contributed by atoms with van der Waals surface area (Å²) < 4.78 is 7.16. The first-order chi connectivity index (χ1) is 10.8. The Kier molecular flexibility index (Phi) is 4.00. The van der Waals surface area contributed by atoms with Crippen molar-refractivity contribution in [1.29, 1.82) is 0 Å². The predicted octanol–water partition coefficient (Wildman–Crippen LogP) is 1.90. The molecule has 0 aliphatic rings. The number of hydrogen-bond donors (Lipinski definition) is 1. The molecular formula is C16H17N5O. The Balaban J connectivity index is 1.81. The maximum atomic E-state index is 5.70. The van der Waals surface area contributed by atoms with Crippen LogP contribution in [0.3, 0.4) is 0 Å². The number of nitrogens with two attached hydrogens (primary N) is 1. The molecule has 0 amide bonds. The Bertz CT molecular complexity index is 751. The Morgan fingerprint density at radius 3 is 2.64 bits per heavy atom. The van der Waals surface area contributed by atoms with Crippen molar-refractivity contribution in [2.75, 3.05) is 12.8 Å². The highest BCUT2D eigenvalue weighted by molar-refractivity contribution is 5.39. The lowest BCUT2D eigenvalue weighted by Gasteiger charge is -2.08. The second-order valence-electron chi connectivity index (χ2n) is 4.98. The van der Waals surface area contributed by atoms with Crippen LogP contribution in [0, 0.1) is 0 Å². The van der Waals surface area contributed by atoms with Gasteiger partial charge in [-0.1, -0.05) is 30.3 Å². The maximum Gasteiger partial charge on any atom is 0.156 e. The second kappa shape index (κ2) is 6.26. The summed E-state index contributed by atoms with van der Waals surface area (Å²) in [5.41, 5.74) is 8.60. The smallest absolute Gasteiger partial charge is 0.156 e. The van der Waals surface area contributed by atoms with E-state index in [4.69, 9.17) is 10.5 Å². The number of para-hydroxylation sites is 1. The molecule has 1 aromatic heterocycles. The molecular weight excluding hydrogens is 278 g/mol. The van der Waals surface area contributed by atoms with Crippen molar-refractivity contribution in [3.05, 3.63) is 65.5 Å². The lowest BCUT2D eigenvalue weighted by atomic mass is 10.1. The van der Waals surface area contributed by atoms with E-state index < -0.39 is 0 Å². The SMILES string of the molecule is COc1ccccc1Cc1nnnn1Cc1ccc(N)cc1. The van der Waals surface area contributed by atoms with Gasteiger partial charge in [0.05, 0.1) is 13.7 Å². The zero-order chi connectivity index (χ0) is 15.4. The zero-order valence-electron chi connectivity index (χ0n) is 12.3. The molecule has 0 aliphatic heterocycles. The number of rotatable bonds is 5. The number of hydrogen-bond acceptors (Lipinski definition) is 5. The molecule has 0 spiro atoms. The molecule has 0 radical (unpaired) electrons. The van der Waals surface area contributed by atoms with Crippen LogP contribution in [0.4, 0.5) is 5.69 Å². The molecule has 0 aliphatic carbocycles. The first-order valence-corrected chi connectivity index (χ1v) is 6.97. The molecule has 2 aromatic carbocycles. The van der Waals surface area contributed by atoms with Crippen LogP contribution in [0.2, 0.25) is 0 Å². The monoisotopic (exact) mass is 295 g/mol. The third kappa shape index (κ3) is 3.06. The van der Waals surface area contributed by atoms with E-state index in [-0.39, 0.29) is 0 Å². The van der Waals surface area contributed by atoms with Crippen molar-refractivity contribution < 1.29 is 4.74 Å². The summed E-state index contributed by atoms with van der Waals surface area (Å²) in [6.07, 6.45) is 0.617. The summed E-state index contributed by atoms with van der Waals surface area (Å²) in [7, 11) is 1.66. The third-order valence-corrected chi connectivity index (χ3v) is 3.46. The number of nitrogen functional groups attached to an aromatic ring is 1. The molecule has 0 unspecified atom stereocenters. The van der Waals surface area contributed by atoms with Crippen molar-refractivity contribution in [1.82, 2.24) is 20.2 Å². The molecule has 3 aromatic rings. The second-order valence-corrected chi connectivity index (χ2v) is 4.98. The van der Waals surface area contributed by atoms with E-state index in [0.29, 0.717) is 13.0 Å². The highest BCUT2D eigenvalue weighted by atomic mass is 16.5. The van der Waals surface area contributed by atoms with E-state index >= 15 is 0 Å². The van der Waals surface area contributed by atoms with E-state index in [2.05, 4.69) is 15.5 Å². The molecule has 3 rings (SSSR count). The van der Waals surface area contributed by atoms with Crippen LogP contribution < -0.4 is 10.5 Å². The van der Waals surface area contributed by atoms with Gasteiger partial charge in [-0.2, -0.15) is 0 Å². The summed E-state index contributed by atoms with van der Waals surface area (Å²) in [5.74, 6) is 1.63. The van der Waals surface area contributed by atoms with Crippen LogP contribution in [0.15, 0.2) is 48.5 Å². The highest BCUT2D eigenvalue weighted by Gasteiger charge is 2.10. The molecule has 2 N–H and O–H groups in total. The summed E-state index contributed by atoms with van der Waals surface area (Å²) in [4.78, 5) is 0. The van der Waals surface area contributed by atoms with Gasteiger partial charge in [0.1, 0.15) is 5.75 Å². The Morgan fingerprint density at radius 2 is 1.86 bits per heavy atom. The minimum Gasteiger partial charge on any atom is -0.496 e. The third-order valence-electron chi connectivity index (χ3n) is 3.46. The van der Waals surface area contributed by atoms with Crippen LogP contribution in [0.25, 0.3) is 0 Å². The van der Waals surface area contributed by atoms with Crippen molar-refractivity contribution >= 4 is 5.69 Å². The molecule has 112 valence electrons. The summed E-state index contributed by atoms with van der Waals surface area (Å²) >= 11 is 0. The van der Waals surface area contributed by atoms with Gasteiger partial charge in [-0.05, 0) is 34.2 Å². The topological polar surface area (TPSA) is 78.9 Å². The van der Waals surface area contributed by atoms with Crippen molar-refractivity contribution in [3.63, 3.8) is 0 Å². The van der Waals surface area contributed by atoms with Crippen molar-refractivity contribution in [3.8, 4) is 5.75 Å². The van der Waals surface area contributed by atoms with Crippen LogP contribution in [-0.2, 0) is 13.0 Å². The number of anilines is 1. The molecule has 0 saturated heterocycles. The van der Waals surface area contributed by atoms with Gasteiger partial charge < -0.3 is 10.5 Å². The molecule has 6 heteroatoms. The average molecular weight is 295 g/mol. The van der Waals surface area contributed by atoms with E-state index in [1.807, 2.05) is 48.5 Å². The fourth-order valence-electron chi connectivity index (χ4n) is 2.29. The number of ether oxygens (including phenoxy) is 1. The highest BCUT2D eigenvalue weighted by Crippen LogP contribution is 2.20. The maximum absolute atomic E-state index is 5.70. The molecule has 0 fully saturated rings. The Hall–Kier alpha value is -2.89. The summed E-state index contributed by atoms with van der Waals surface area (Å²) in [5, 5.41) is 12.0. The lowest BCUT2D eigenvalue weighted by molar-refractivity contribution is 0.410. The fraction of sp³-hybridized carbons (Fsp3) is 0.188. The largest absolute Gasteiger partial charge is 0.496 e. The first-order valence-electron chi connectivity index (χ1n) is 6.97. The van der Waals surface area contributed by atoms with Gasteiger partial charge in [0.25, 0.3) is 0 Å². The van der Waals surface area contributed by atoms with Gasteiger partial charge in [-0.15, -0.1) is 5.10 Å². The van der Waals surface area contributed by atoms with Crippen LogP contribution in [0.5, 0.6) is 5.75 Å². The van der Waals surface area contributed by atoms with E-state index in [1.54, 1.807) is 11.8 Å². The average Bonchev–Trinajstić information content (AvgIpc) is 2.97. The number of aromatic nitrogens is 4. The molecule has 0 saturated carbocycles. The van der Waals surface area contributed by atoms with Crippen LogP contribution in [-0.4, -0.2) is 27.3 Å². The molecule has 22 heavy (non-hydrogen) atoms. The van der Waals surface area contributed by atoms with Crippen molar-refractivity contribution in [2.45, 2.75) is 13.0 Å². The van der Waals surface area contributed by atoms with Crippen LogP contribution >= 0.6 is 0 Å². The predicted molar refractivity (Wildman–Crippen MR) is 83.6 cm³/mol. The summed E-state index contributed by atoms with van der Waals surface area (Å²) in [6.45, 7) is 0.609. The Labute approximate surface area is 128 Å². The van der Waals surface area contributed by atoms with Gasteiger partial charge in [0, 0.05) is 17.7 Å². The van der Waals surface area contributed by atoms with Gasteiger partial charge in [0.2, 0.25) is 0 Å². The van der Waals surface area contributed by atoms with Gasteiger partial charge >= 0.3 is 0 Å². The first kappa shape index (κ1) is 14.1. The van der Waals surface area contributed by atoms with Gasteiger partial charge in [-0.3, -0.25) is 0 Å². The minimum atomic E-state index is 0.609. The van der Waals surface area contributed by atoms with Gasteiger partial charge in [-0.25, -0.2) is 4.68 Å². The normalized spacial score (nSPS) is 10.6. The number of methoxy groups -OCH3 is 1. The fourth-order valence-corrected chi connectivity index (χ4v) is 2.29. The summed E-state index contributed by atoms with van der Waals surface area (Å²) in [6, 6.07) is 15.6. The molecule has 1 heterocycles. The Morgan fingerprint density at radius 1 is 1.09 bits per heavy atom. The lowest BCUT2D eigenvalue weighted by Crippen LogP contribution is -2.08. The van der Waals surface area contributed by atoms with E-state index in [0.717, 1.165) is 28.4 Å². The quantitative estimate of drug-likeness (QED) is 0.727. The van der Waals surface area contributed by atoms with E-state index in [1.165, 1.54) is 0 Å².